The lowest BCUT2D eigenvalue weighted by Crippen LogP contribution is -2.54. The molecule has 0 spiro atoms. The predicted molar refractivity (Wildman–Crippen MR) is 101 cm³/mol. The van der Waals surface area contributed by atoms with Crippen molar-refractivity contribution in [1.29, 1.82) is 0 Å². The lowest BCUT2D eigenvalue weighted by molar-refractivity contribution is 0.306. The van der Waals surface area contributed by atoms with E-state index in [2.05, 4.69) is 15.9 Å². The number of piperazine rings is 1. The molecule has 0 unspecified atom stereocenters. The van der Waals surface area contributed by atoms with Crippen LogP contribution in [0.5, 0.6) is 0 Å². The molecule has 134 valence electrons. The van der Waals surface area contributed by atoms with E-state index in [-0.39, 0.29) is 10.9 Å². The van der Waals surface area contributed by atoms with Gasteiger partial charge in [-0.2, -0.15) is 4.31 Å². The standard InChI is InChI=1S/C17H17BrClFN2O2S/c1-12-11-21(17-6-5-14(20)10-16(17)19)7-8-22(12)25(23,24)15-4-2-3-13(18)9-15/h2-6,9-10,12H,7-8,11H2,1H3/t12-/m1/s1. The first kappa shape index (κ1) is 18.6. The molecule has 2 aromatic carbocycles. The van der Waals surface area contributed by atoms with E-state index in [1.54, 1.807) is 30.3 Å². The number of hydrogen-bond acceptors (Lipinski definition) is 3. The van der Waals surface area contributed by atoms with Gasteiger partial charge in [0.25, 0.3) is 0 Å². The van der Waals surface area contributed by atoms with Crippen LogP contribution in [0.25, 0.3) is 0 Å². The minimum atomic E-state index is -3.57. The van der Waals surface area contributed by atoms with Crippen molar-refractivity contribution >= 4 is 43.2 Å². The molecule has 1 heterocycles. The molecule has 1 fully saturated rings. The molecular formula is C17H17BrClFN2O2S. The summed E-state index contributed by atoms with van der Waals surface area (Å²) in [4.78, 5) is 2.25. The number of rotatable bonds is 3. The summed E-state index contributed by atoms with van der Waals surface area (Å²) in [5.41, 5.74) is 0.717. The van der Waals surface area contributed by atoms with E-state index in [9.17, 15) is 12.8 Å². The normalized spacial score (nSPS) is 19.2. The van der Waals surface area contributed by atoms with Gasteiger partial charge in [0.2, 0.25) is 10.0 Å². The molecule has 0 aliphatic carbocycles. The summed E-state index contributed by atoms with van der Waals surface area (Å²) in [5, 5.41) is 0.329. The topological polar surface area (TPSA) is 40.6 Å². The largest absolute Gasteiger partial charge is 0.367 e. The van der Waals surface area contributed by atoms with Crippen LogP contribution in [0.2, 0.25) is 5.02 Å². The molecule has 0 saturated carbocycles. The summed E-state index contributed by atoms with van der Waals surface area (Å²) in [5.74, 6) is -0.391. The highest BCUT2D eigenvalue weighted by molar-refractivity contribution is 9.10. The van der Waals surface area contributed by atoms with E-state index < -0.39 is 15.8 Å². The van der Waals surface area contributed by atoms with Gasteiger partial charge in [0.15, 0.2) is 0 Å². The number of halogens is 3. The summed E-state index contributed by atoms with van der Waals surface area (Å²) in [6.07, 6.45) is 0. The molecule has 0 amide bonds. The average molecular weight is 448 g/mol. The lowest BCUT2D eigenvalue weighted by Gasteiger charge is -2.40. The highest BCUT2D eigenvalue weighted by atomic mass is 79.9. The zero-order chi connectivity index (χ0) is 18.2. The molecule has 25 heavy (non-hydrogen) atoms. The molecule has 0 bridgehead atoms. The number of nitrogens with zero attached hydrogens (tertiary/aromatic N) is 2. The van der Waals surface area contributed by atoms with E-state index in [1.165, 1.54) is 16.4 Å². The van der Waals surface area contributed by atoms with Gasteiger partial charge in [-0.3, -0.25) is 0 Å². The van der Waals surface area contributed by atoms with Crippen LogP contribution in [-0.2, 0) is 10.0 Å². The van der Waals surface area contributed by atoms with Crippen LogP contribution in [-0.4, -0.2) is 38.4 Å². The summed E-state index contributed by atoms with van der Waals surface area (Å²) in [6.45, 7) is 3.17. The Kier molecular flexibility index (Phi) is 5.39. The van der Waals surface area contributed by atoms with Gasteiger partial charge in [-0.15, -0.1) is 0 Å². The fourth-order valence-corrected chi connectivity index (χ4v) is 5.51. The van der Waals surface area contributed by atoms with Crippen molar-refractivity contribution in [1.82, 2.24) is 4.31 Å². The predicted octanol–water partition coefficient (Wildman–Crippen LogP) is 4.14. The summed E-state index contributed by atoms with van der Waals surface area (Å²) in [7, 11) is -3.57. The SMILES string of the molecule is C[C@@H]1CN(c2ccc(F)cc2Cl)CCN1S(=O)(=O)c1cccc(Br)c1. The Morgan fingerprint density at radius 2 is 1.96 bits per heavy atom. The fraction of sp³-hybridized carbons (Fsp3) is 0.294. The Labute approximate surface area is 160 Å². The van der Waals surface area contributed by atoms with Crippen molar-refractivity contribution in [2.75, 3.05) is 24.5 Å². The highest BCUT2D eigenvalue weighted by Gasteiger charge is 2.34. The highest BCUT2D eigenvalue weighted by Crippen LogP contribution is 2.30. The van der Waals surface area contributed by atoms with Gasteiger partial charge >= 0.3 is 0 Å². The Morgan fingerprint density at radius 1 is 1.20 bits per heavy atom. The number of hydrogen-bond donors (Lipinski definition) is 0. The maximum Gasteiger partial charge on any atom is 0.243 e. The third-order valence-electron chi connectivity index (χ3n) is 4.22. The van der Waals surface area contributed by atoms with Gasteiger partial charge in [0, 0.05) is 30.1 Å². The Morgan fingerprint density at radius 3 is 2.60 bits per heavy atom. The minimum Gasteiger partial charge on any atom is -0.367 e. The van der Waals surface area contributed by atoms with Crippen LogP contribution in [0.4, 0.5) is 10.1 Å². The molecule has 1 atom stereocenters. The summed E-state index contributed by atoms with van der Waals surface area (Å²) < 4.78 is 41.3. The van der Waals surface area contributed by atoms with Gasteiger partial charge < -0.3 is 4.90 Å². The summed E-state index contributed by atoms with van der Waals surface area (Å²) in [6, 6.07) is 10.7. The second-order valence-corrected chi connectivity index (χ2v) is 9.18. The molecule has 1 saturated heterocycles. The van der Waals surface area contributed by atoms with Gasteiger partial charge in [-0.1, -0.05) is 33.6 Å². The van der Waals surface area contributed by atoms with Crippen molar-refractivity contribution in [2.24, 2.45) is 0 Å². The molecular weight excluding hydrogens is 431 g/mol. The molecule has 0 radical (unpaired) electrons. The average Bonchev–Trinajstić information content (AvgIpc) is 2.54. The first-order chi connectivity index (χ1) is 11.8. The van der Waals surface area contributed by atoms with Crippen molar-refractivity contribution < 1.29 is 12.8 Å². The van der Waals surface area contributed by atoms with E-state index in [4.69, 9.17) is 11.6 Å². The summed E-state index contributed by atoms with van der Waals surface area (Å²) >= 11 is 9.44. The smallest absolute Gasteiger partial charge is 0.243 e. The molecule has 0 N–H and O–H groups in total. The first-order valence-electron chi connectivity index (χ1n) is 7.76. The van der Waals surface area contributed by atoms with Crippen molar-refractivity contribution in [2.45, 2.75) is 17.9 Å². The van der Waals surface area contributed by atoms with E-state index >= 15 is 0 Å². The van der Waals surface area contributed by atoms with Crippen LogP contribution in [0.15, 0.2) is 51.8 Å². The second kappa shape index (κ2) is 7.23. The van der Waals surface area contributed by atoms with Crippen molar-refractivity contribution in [3.63, 3.8) is 0 Å². The van der Waals surface area contributed by atoms with Crippen LogP contribution < -0.4 is 4.90 Å². The van der Waals surface area contributed by atoms with E-state index in [1.807, 2.05) is 11.8 Å². The van der Waals surface area contributed by atoms with Gasteiger partial charge in [-0.25, -0.2) is 12.8 Å². The van der Waals surface area contributed by atoms with Gasteiger partial charge in [0.1, 0.15) is 5.82 Å². The Balaban J connectivity index is 1.82. The van der Waals surface area contributed by atoms with Gasteiger partial charge in [-0.05, 0) is 43.3 Å². The Hall–Kier alpha value is -1.15. The molecule has 3 rings (SSSR count). The third kappa shape index (κ3) is 3.84. The molecule has 1 aliphatic rings. The third-order valence-corrected chi connectivity index (χ3v) is 7.03. The quantitative estimate of drug-likeness (QED) is 0.710. The number of anilines is 1. The first-order valence-corrected chi connectivity index (χ1v) is 10.4. The van der Waals surface area contributed by atoms with E-state index in [0.29, 0.717) is 24.7 Å². The van der Waals surface area contributed by atoms with Crippen LogP contribution in [0, 0.1) is 5.82 Å². The van der Waals surface area contributed by atoms with Crippen LogP contribution >= 0.6 is 27.5 Å². The number of benzene rings is 2. The molecule has 0 aromatic heterocycles. The molecule has 1 aliphatic heterocycles. The number of sulfonamides is 1. The van der Waals surface area contributed by atoms with E-state index in [0.717, 1.165) is 10.2 Å². The maximum atomic E-state index is 13.2. The Bertz CT molecular complexity index is 894. The zero-order valence-electron chi connectivity index (χ0n) is 13.5. The fourth-order valence-electron chi connectivity index (χ4n) is 3.02. The van der Waals surface area contributed by atoms with Crippen molar-refractivity contribution in [3.8, 4) is 0 Å². The molecule has 8 heteroatoms. The van der Waals surface area contributed by atoms with Gasteiger partial charge in [0.05, 0.1) is 15.6 Å². The second-order valence-electron chi connectivity index (χ2n) is 5.96. The monoisotopic (exact) mass is 446 g/mol. The lowest BCUT2D eigenvalue weighted by atomic mass is 10.2. The molecule has 2 aromatic rings. The maximum absolute atomic E-state index is 13.2. The van der Waals surface area contributed by atoms with Crippen molar-refractivity contribution in [3.05, 3.63) is 57.8 Å². The minimum absolute atomic E-state index is 0.237. The zero-order valence-corrected chi connectivity index (χ0v) is 16.7. The molecule has 4 nitrogen and oxygen atoms in total. The van der Waals surface area contributed by atoms with Crippen LogP contribution in [0.1, 0.15) is 6.92 Å². The van der Waals surface area contributed by atoms with Crippen LogP contribution in [0.3, 0.4) is 0 Å².